The number of carboxylic acids is 4. The molecule has 0 aliphatic rings. The molecule has 0 bridgehead atoms. The van der Waals surface area contributed by atoms with E-state index in [-0.39, 0.29) is 6.42 Å². The summed E-state index contributed by atoms with van der Waals surface area (Å²) in [4.78, 5) is 42.4. The van der Waals surface area contributed by atoms with Crippen LogP contribution in [0.2, 0.25) is 0 Å². The summed E-state index contributed by atoms with van der Waals surface area (Å²) in [5.74, 6) is -7.04. The zero-order valence-corrected chi connectivity index (χ0v) is 11.6. The molecule has 12 nitrogen and oxygen atoms in total. The van der Waals surface area contributed by atoms with Gasteiger partial charge in [-0.15, -0.1) is 0 Å². The Balaban J connectivity index is 4.33. The smallest absolute Gasteiger partial charge is 0.336 e. The maximum Gasteiger partial charge on any atom is 0.336 e. The molecule has 0 saturated heterocycles. The van der Waals surface area contributed by atoms with Crippen LogP contribution in [0, 0.1) is 0 Å². The fraction of sp³-hybridized carbons (Fsp3) is 0.636. The molecule has 23 heavy (non-hydrogen) atoms. The maximum atomic E-state index is 10.7. The normalized spacial score (nSPS) is 16.1. The fourth-order valence-corrected chi connectivity index (χ4v) is 1.33. The second-order valence-corrected chi connectivity index (χ2v) is 4.18. The average molecular weight is 340 g/mol. The van der Waals surface area contributed by atoms with E-state index in [9.17, 15) is 19.2 Å². The summed E-state index contributed by atoms with van der Waals surface area (Å²) < 4.78 is 9.28. The molecule has 0 fully saturated rings. The van der Waals surface area contributed by atoms with Gasteiger partial charge in [-0.25, -0.2) is 19.2 Å². The van der Waals surface area contributed by atoms with Crippen LogP contribution in [0.25, 0.3) is 0 Å². The van der Waals surface area contributed by atoms with E-state index >= 15 is 0 Å². The van der Waals surface area contributed by atoms with Crippen LogP contribution in [-0.4, -0.2) is 92.1 Å². The largest absolute Gasteiger partial charge is 0.479 e. The van der Waals surface area contributed by atoms with Gasteiger partial charge in [-0.1, -0.05) is 0 Å². The van der Waals surface area contributed by atoms with E-state index in [0.29, 0.717) is 0 Å². The molecule has 0 radical (unpaired) electrons. The zero-order valence-electron chi connectivity index (χ0n) is 11.6. The van der Waals surface area contributed by atoms with Crippen molar-refractivity contribution < 1.29 is 59.3 Å². The Labute approximate surface area is 128 Å². The first-order chi connectivity index (χ1) is 10.6. The predicted molar refractivity (Wildman–Crippen MR) is 66.7 cm³/mol. The number of rotatable bonds is 12. The first kappa shape index (κ1) is 20.7. The zero-order chi connectivity index (χ0) is 18.2. The molecule has 0 rings (SSSR count). The standard InChI is InChI=1S/C11H16O12/c12-4(8(14)15)6(10(18)19)22-2-1-3-23-7(11(20)21)5(13)9(16)17/h4-7,12-13H,1-3H2,(H,14,15)(H,16,17)(H,18,19)(H,20,21). The minimum Gasteiger partial charge on any atom is -0.479 e. The maximum absolute atomic E-state index is 10.7. The van der Waals surface area contributed by atoms with Gasteiger partial charge in [-0.2, -0.15) is 0 Å². The average Bonchev–Trinajstić information content (AvgIpc) is 2.44. The molecule has 12 heteroatoms. The van der Waals surface area contributed by atoms with Gasteiger partial charge in [-0.3, -0.25) is 0 Å². The highest BCUT2D eigenvalue weighted by molar-refractivity contribution is 5.83. The number of ether oxygens (including phenoxy) is 2. The molecular formula is C11H16O12. The second kappa shape index (κ2) is 9.68. The third-order valence-electron chi connectivity index (χ3n) is 2.45. The van der Waals surface area contributed by atoms with Gasteiger partial charge in [0, 0.05) is 0 Å². The summed E-state index contributed by atoms with van der Waals surface area (Å²) >= 11 is 0. The third-order valence-corrected chi connectivity index (χ3v) is 2.45. The van der Waals surface area contributed by atoms with E-state index in [1.165, 1.54) is 0 Å². The van der Waals surface area contributed by atoms with Crippen LogP contribution < -0.4 is 0 Å². The van der Waals surface area contributed by atoms with Gasteiger partial charge in [0.15, 0.2) is 24.4 Å². The highest BCUT2D eigenvalue weighted by Gasteiger charge is 2.34. The minimum absolute atomic E-state index is 0.147. The van der Waals surface area contributed by atoms with Crippen LogP contribution >= 0.6 is 0 Å². The third kappa shape index (κ3) is 7.01. The van der Waals surface area contributed by atoms with Crippen molar-refractivity contribution in [3.05, 3.63) is 0 Å². The Kier molecular flexibility index (Phi) is 8.72. The summed E-state index contributed by atoms with van der Waals surface area (Å²) in [5.41, 5.74) is 0. The van der Waals surface area contributed by atoms with Crippen molar-refractivity contribution in [1.29, 1.82) is 0 Å². The van der Waals surface area contributed by atoms with E-state index in [2.05, 4.69) is 9.47 Å². The molecule has 0 aliphatic heterocycles. The summed E-state index contributed by atoms with van der Waals surface area (Å²) in [6, 6.07) is 0. The molecule has 0 amide bonds. The Bertz CT molecular complexity index is 406. The lowest BCUT2D eigenvalue weighted by atomic mass is 10.2. The number of carbonyl (C=O) groups is 4. The Morgan fingerprint density at radius 2 is 0.957 bits per heavy atom. The van der Waals surface area contributed by atoms with E-state index < -0.39 is 61.5 Å². The number of hydrogen-bond donors (Lipinski definition) is 6. The van der Waals surface area contributed by atoms with Crippen molar-refractivity contribution in [2.24, 2.45) is 0 Å². The number of aliphatic carboxylic acids is 4. The molecule has 0 spiro atoms. The van der Waals surface area contributed by atoms with Crippen LogP contribution in [0.4, 0.5) is 0 Å². The summed E-state index contributed by atoms with van der Waals surface area (Å²) in [7, 11) is 0. The topological polar surface area (TPSA) is 208 Å². The molecule has 4 atom stereocenters. The number of carboxylic acid groups (broad SMARTS) is 4. The van der Waals surface area contributed by atoms with Crippen LogP contribution in [0.15, 0.2) is 0 Å². The molecule has 4 unspecified atom stereocenters. The number of hydrogen-bond acceptors (Lipinski definition) is 8. The number of aliphatic hydroxyl groups excluding tert-OH is 2. The van der Waals surface area contributed by atoms with Crippen LogP contribution in [0.5, 0.6) is 0 Å². The SMILES string of the molecule is O=C(O)C(O)C(OCCCOC(C(=O)O)C(O)C(=O)O)C(=O)O. The summed E-state index contributed by atoms with van der Waals surface area (Å²) in [6.45, 7) is -0.840. The molecular weight excluding hydrogens is 324 g/mol. The molecule has 0 aromatic heterocycles. The van der Waals surface area contributed by atoms with Gasteiger partial charge in [0.2, 0.25) is 0 Å². The van der Waals surface area contributed by atoms with Gasteiger partial charge in [0.05, 0.1) is 13.2 Å². The highest BCUT2D eigenvalue weighted by atomic mass is 16.5. The van der Waals surface area contributed by atoms with Crippen LogP contribution in [-0.2, 0) is 28.7 Å². The lowest BCUT2D eigenvalue weighted by Crippen LogP contribution is -2.43. The quantitative estimate of drug-likeness (QED) is 0.199. The highest BCUT2D eigenvalue weighted by Crippen LogP contribution is 2.05. The van der Waals surface area contributed by atoms with Crippen LogP contribution in [0.3, 0.4) is 0 Å². The van der Waals surface area contributed by atoms with Gasteiger partial charge in [0.25, 0.3) is 0 Å². The van der Waals surface area contributed by atoms with Crippen molar-refractivity contribution in [2.45, 2.75) is 30.8 Å². The molecule has 0 aromatic rings. The Hall–Kier alpha value is -2.28. The summed E-state index contributed by atoms with van der Waals surface area (Å²) in [6.07, 6.45) is -8.81. The minimum atomic E-state index is -2.30. The van der Waals surface area contributed by atoms with Crippen molar-refractivity contribution in [3.63, 3.8) is 0 Å². The Morgan fingerprint density at radius 1 is 0.652 bits per heavy atom. The number of aliphatic hydroxyl groups is 2. The predicted octanol–water partition coefficient (Wildman–Crippen LogP) is -2.79. The van der Waals surface area contributed by atoms with Gasteiger partial charge in [-0.05, 0) is 6.42 Å². The summed E-state index contributed by atoms with van der Waals surface area (Å²) in [5, 5.41) is 52.5. The molecule has 0 saturated carbocycles. The monoisotopic (exact) mass is 340 g/mol. The first-order valence-electron chi connectivity index (χ1n) is 6.10. The fourth-order valence-electron chi connectivity index (χ4n) is 1.33. The lowest BCUT2D eigenvalue weighted by molar-refractivity contribution is -0.174. The lowest BCUT2D eigenvalue weighted by Gasteiger charge is -2.18. The molecule has 132 valence electrons. The van der Waals surface area contributed by atoms with Gasteiger partial charge < -0.3 is 40.1 Å². The first-order valence-corrected chi connectivity index (χ1v) is 6.10. The van der Waals surface area contributed by atoms with Crippen molar-refractivity contribution in [1.82, 2.24) is 0 Å². The molecule has 0 heterocycles. The van der Waals surface area contributed by atoms with Crippen molar-refractivity contribution in [3.8, 4) is 0 Å². The molecule has 0 aliphatic carbocycles. The second-order valence-electron chi connectivity index (χ2n) is 4.18. The van der Waals surface area contributed by atoms with E-state index in [4.69, 9.17) is 30.6 Å². The van der Waals surface area contributed by atoms with Gasteiger partial charge >= 0.3 is 23.9 Å². The van der Waals surface area contributed by atoms with E-state index in [1.807, 2.05) is 0 Å². The van der Waals surface area contributed by atoms with Crippen molar-refractivity contribution in [2.75, 3.05) is 13.2 Å². The molecule has 0 aromatic carbocycles. The van der Waals surface area contributed by atoms with Gasteiger partial charge in [0.1, 0.15) is 0 Å². The van der Waals surface area contributed by atoms with Crippen LogP contribution in [0.1, 0.15) is 6.42 Å². The van der Waals surface area contributed by atoms with E-state index in [1.54, 1.807) is 0 Å². The Morgan fingerprint density at radius 3 is 1.17 bits per heavy atom. The van der Waals surface area contributed by atoms with E-state index in [0.717, 1.165) is 0 Å². The molecule has 6 N–H and O–H groups in total. The van der Waals surface area contributed by atoms with Crippen molar-refractivity contribution >= 4 is 23.9 Å².